The molecule has 0 aliphatic heterocycles. The quantitative estimate of drug-likeness (QED) is 0.695. The minimum Gasteiger partial charge on any atom is -0.480 e. The molecule has 23 heavy (non-hydrogen) atoms. The van der Waals surface area contributed by atoms with Crippen molar-refractivity contribution < 1.29 is 23.9 Å². The van der Waals surface area contributed by atoms with Crippen LogP contribution in [-0.2, 0) is 16.0 Å². The van der Waals surface area contributed by atoms with Crippen molar-refractivity contribution in [2.24, 2.45) is 5.73 Å². The van der Waals surface area contributed by atoms with Crippen LogP contribution in [0.5, 0.6) is 0 Å². The molecule has 2 aromatic heterocycles. The Labute approximate surface area is 130 Å². The number of nitrogens with zero attached hydrogens (tertiary/aromatic N) is 2. The van der Waals surface area contributed by atoms with Gasteiger partial charge in [-0.3, -0.25) is 14.0 Å². The van der Waals surface area contributed by atoms with Gasteiger partial charge in [-0.05, 0) is 18.6 Å². The van der Waals surface area contributed by atoms with Gasteiger partial charge in [0, 0.05) is 6.20 Å². The highest BCUT2D eigenvalue weighted by Gasteiger charge is 2.26. The zero-order valence-corrected chi connectivity index (χ0v) is 12.2. The summed E-state index contributed by atoms with van der Waals surface area (Å²) in [7, 11) is 0. The van der Waals surface area contributed by atoms with Gasteiger partial charge in [-0.25, -0.2) is 14.2 Å². The first-order valence-electron chi connectivity index (χ1n) is 6.82. The predicted molar refractivity (Wildman–Crippen MR) is 77.2 cm³/mol. The Balaban J connectivity index is 2.41. The number of aliphatic carboxylic acids is 1. The summed E-state index contributed by atoms with van der Waals surface area (Å²) in [4.78, 5) is 38.6. The average Bonchev–Trinajstić information content (AvgIpc) is 2.83. The largest absolute Gasteiger partial charge is 0.480 e. The number of hydrogen-bond acceptors (Lipinski definition) is 4. The number of carboxylic acids is 1. The van der Waals surface area contributed by atoms with Crippen LogP contribution in [0, 0.1) is 5.82 Å². The van der Waals surface area contributed by atoms with Crippen LogP contribution in [0.25, 0.3) is 5.65 Å². The molecule has 0 saturated heterocycles. The molecule has 2 rings (SSSR count). The number of imidazole rings is 1. The maximum absolute atomic E-state index is 13.4. The van der Waals surface area contributed by atoms with Crippen LogP contribution in [0.15, 0.2) is 18.3 Å². The molecule has 2 heterocycles. The molecule has 4 N–H and O–H groups in total. The number of halogens is 1. The first-order chi connectivity index (χ1) is 10.8. The van der Waals surface area contributed by atoms with Crippen LogP contribution in [0.4, 0.5) is 4.39 Å². The SMILES string of the molecule is CCc1nc2ccc(F)cn2c1C(=O)NC(CC(N)=O)C(=O)O. The highest BCUT2D eigenvalue weighted by Crippen LogP contribution is 2.15. The van der Waals surface area contributed by atoms with Gasteiger partial charge in [0.2, 0.25) is 5.91 Å². The van der Waals surface area contributed by atoms with E-state index in [1.54, 1.807) is 6.92 Å². The molecule has 1 unspecified atom stereocenters. The lowest BCUT2D eigenvalue weighted by atomic mass is 10.2. The van der Waals surface area contributed by atoms with Gasteiger partial charge in [0.15, 0.2) is 0 Å². The summed E-state index contributed by atoms with van der Waals surface area (Å²) in [5, 5.41) is 11.3. The number of nitrogens with two attached hydrogens (primary N) is 1. The van der Waals surface area contributed by atoms with Crippen LogP contribution < -0.4 is 11.1 Å². The molecule has 0 aliphatic carbocycles. The molecule has 0 radical (unpaired) electrons. The van der Waals surface area contributed by atoms with E-state index in [4.69, 9.17) is 10.8 Å². The second kappa shape index (κ2) is 6.42. The number of nitrogens with one attached hydrogen (secondary N) is 1. The van der Waals surface area contributed by atoms with Gasteiger partial charge < -0.3 is 16.2 Å². The normalized spacial score (nSPS) is 12.1. The highest BCUT2D eigenvalue weighted by atomic mass is 19.1. The molecule has 0 aromatic carbocycles. The lowest BCUT2D eigenvalue weighted by Gasteiger charge is -2.13. The number of aryl methyl sites for hydroxylation is 1. The molecule has 122 valence electrons. The summed E-state index contributed by atoms with van der Waals surface area (Å²) < 4.78 is 14.7. The number of rotatable bonds is 6. The molecule has 0 spiro atoms. The molecule has 0 fully saturated rings. The lowest BCUT2D eigenvalue weighted by Crippen LogP contribution is -2.43. The Kier molecular flexibility index (Phi) is 4.58. The van der Waals surface area contributed by atoms with Crippen LogP contribution in [0.1, 0.15) is 29.5 Å². The van der Waals surface area contributed by atoms with Crippen molar-refractivity contribution in [1.29, 1.82) is 0 Å². The van der Waals surface area contributed by atoms with E-state index in [2.05, 4.69) is 10.3 Å². The van der Waals surface area contributed by atoms with Crippen LogP contribution in [0.2, 0.25) is 0 Å². The molecular formula is C14H15FN4O4. The van der Waals surface area contributed by atoms with E-state index < -0.39 is 36.1 Å². The Bertz CT molecular complexity index is 786. The summed E-state index contributed by atoms with van der Waals surface area (Å²) in [6.07, 6.45) is 0.924. The number of pyridine rings is 1. The Morgan fingerprint density at radius 3 is 2.70 bits per heavy atom. The van der Waals surface area contributed by atoms with Crippen molar-refractivity contribution in [2.45, 2.75) is 25.8 Å². The number of amides is 2. The average molecular weight is 322 g/mol. The molecule has 8 nitrogen and oxygen atoms in total. The van der Waals surface area contributed by atoms with Gasteiger partial charge in [0.05, 0.1) is 12.1 Å². The van der Waals surface area contributed by atoms with Gasteiger partial charge in [-0.2, -0.15) is 0 Å². The Hall–Kier alpha value is -2.97. The third-order valence-corrected chi connectivity index (χ3v) is 3.21. The second-order valence-electron chi connectivity index (χ2n) is 4.87. The van der Waals surface area contributed by atoms with Gasteiger partial charge in [0.1, 0.15) is 23.2 Å². The van der Waals surface area contributed by atoms with Crippen LogP contribution >= 0.6 is 0 Å². The summed E-state index contributed by atoms with van der Waals surface area (Å²) in [5.74, 6) is -3.60. The second-order valence-corrected chi connectivity index (χ2v) is 4.87. The first kappa shape index (κ1) is 16.4. The fourth-order valence-electron chi connectivity index (χ4n) is 2.18. The zero-order chi connectivity index (χ0) is 17.1. The van der Waals surface area contributed by atoms with Crippen molar-refractivity contribution in [1.82, 2.24) is 14.7 Å². The number of fused-ring (bicyclic) bond motifs is 1. The Morgan fingerprint density at radius 1 is 1.43 bits per heavy atom. The number of carboxylic acid groups (broad SMARTS) is 1. The maximum atomic E-state index is 13.4. The minimum atomic E-state index is -1.47. The van der Waals surface area contributed by atoms with Crippen molar-refractivity contribution in [3.8, 4) is 0 Å². The van der Waals surface area contributed by atoms with E-state index in [0.29, 0.717) is 17.8 Å². The van der Waals surface area contributed by atoms with Gasteiger partial charge in [-0.1, -0.05) is 6.92 Å². The Morgan fingerprint density at radius 2 is 2.13 bits per heavy atom. The molecule has 0 saturated carbocycles. The summed E-state index contributed by atoms with van der Waals surface area (Å²) in [6, 6.07) is 1.14. The molecule has 2 amide bonds. The third-order valence-electron chi connectivity index (χ3n) is 3.21. The number of hydrogen-bond donors (Lipinski definition) is 3. The molecule has 2 aromatic rings. The maximum Gasteiger partial charge on any atom is 0.326 e. The number of aromatic nitrogens is 2. The summed E-state index contributed by atoms with van der Waals surface area (Å²) in [5.41, 5.74) is 5.74. The molecule has 0 aliphatic rings. The number of carbonyl (C=O) groups is 3. The van der Waals surface area contributed by atoms with E-state index in [-0.39, 0.29) is 5.69 Å². The topological polar surface area (TPSA) is 127 Å². The van der Waals surface area contributed by atoms with Crippen molar-refractivity contribution in [3.05, 3.63) is 35.5 Å². The fourth-order valence-corrected chi connectivity index (χ4v) is 2.18. The third kappa shape index (κ3) is 3.44. The van der Waals surface area contributed by atoms with E-state index in [1.807, 2.05) is 0 Å². The summed E-state index contributed by atoms with van der Waals surface area (Å²) >= 11 is 0. The van der Waals surface area contributed by atoms with E-state index >= 15 is 0 Å². The van der Waals surface area contributed by atoms with Crippen LogP contribution in [-0.4, -0.2) is 38.3 Å². The van der Waals surface area contributed by atoms with Gasteiger partial charge in [0.25, 0.3) is 5.91 Å². The van der Waals surface area contributed by atoms with Crippen LogP contribution in [0.3, 0.4) is 0 Å². The number of primary amides is 1. The van der Waals surface area contributed by atoms with E-state index in [0.717, 1.165) is 6.20 Å². The lowest BCUT2D eigenvalue weighted by molar-refractivity contribution is -0.140. The molecular weight excluding hydrogens is 307 g/mol. The summed E-state index contributed by atoms with van der Waals surface area (Å²) in [6.45, 7) is 1.76. The smallest absolute Gasteiger partial charge is 0.326 e. The molecule has 0 bridgehead atoms. The minimum absolute atomic E-state index is 0.0257. The van der Waals surface area contributed by atoms with E-state index in [9.17, 15) is 18.8 Å². The zero-order valence-electron chi connectivity index (χ0n) is 12.2. The molecule has 1 atom stereocenters. The van der Waals surface area contributed by atoms with Crippen molar-refractivity contribution in [3.63, 3.8) is 0 Å². The van der Waals surface area contributed by atoms with Gasteiger partial charge >= 0.3 is 5.97 Å². The number of carbonyl (C=O) groups excluding carboxylic acids is 2. The standard InChI is InChI=1S/C14H15FN4O4/c1-2-8-12(19-6-7(15)3-4-11(19)17-8)13(21)18-9(14(22)23)5-10(16)20/h3-4,6,9H,2,5H2,1H3,(H2,16,20)(H,18,21)(H,22,23). The van der Waals surface area contributed by atoms with E-state index in [1.165, 1.54) is 16.5 Å². The first-order valence-corrected chi connectivity index (χ1v) is 6.82. The predicted octanol–water partition coefficient (Wildman–Crippen LogP) is 0.0942. The highest BCUT2D eigenvalue weighted by molar-refractivity contribution is 5.98. The van der Waals surface area contributed by atoms with Crippen molar-refractivity contribution in [2.75, 3.05) is 0 Å². The van der Waals surface area contributed by atoms with Crippen molar-refractivity contribution >= 4 is 23.4 Å². The fraction of sp³-hybridized carbons (Fsp3) is 0.286. The van der Waals surface area contributed by atoms with Gasteiger partial charge in [-0.15, -0.1) is 0 Å². The monoisotopic (exact) mass is 322 g/mol. The molecule has 9 heteroatoms.